The van der Waals surface area contributed by atoms with Gasteiger partial charge in [-0.25, -0.2) is 13.1 Å². The first-order valence-corrected chi connectivity index (χ1v) is 9.99. The van der Waals surface area contributed by atoms with Crippen LogP contribution in [-0.2, 0) is 10.0 Å². The van der Waals surface area contributed by atoms with Crippen molar-refractivity contribution in [2.75, 3.05) is 32.7 Å². The van der Waals surface area contributed by atoms with Crippen LogP contribution in [0.25, 0.3) is 0 Å². The van der Waals surface area contributed by atoms with Gasteiger partial charge in [0.15, 0.2) is 0 Å². The zero-order valence-electron chi connectivity index (χ0n) is 14.7. The van der Waals surface area contributed by atoms with E-state index in [0.717, 1.165) is 26.1 Å². The Balaban J connectivity index is 2.05. The second-order valence-electron chi connectivity index (χ2n) is 6.18. The van der Waals surface area contributed by atoms with Crippen LogP contribution in [0.1, 0.15) is 37.6 Å². The van der Waals surface area contributed by atoms with E-state index in [2.05, 4.69) is 16.5 Å². The number of piperazine rings is 1. The molecule has 0 saturated carbocycles. The van der Waals surface area contributed by atoms with Gasteiger partial charge in [0.05, 0.1) is 4.90 Å². The molecule has 1 N–H and O–H groups in total. The Morgan fingerprint density at radius 3 is 2.21 bits per heavy atom. The maximum absolute atomic E-state index is 12.5. The van der Waals surface area contributed by atoms with Crippen molar-refractivity contribution in [2.24, 2.45) is 0 Å². The fourth-order valence-electron chi connectivity index (χ4n) is 2.64. The van der Waals surface area contributed by atoms with Gasteiger partial charge in [-0.2, -0.15) is 0 Å². The SMILES string of the molecule is CCC(C)NS(=O)(=O)c1ccc(C(=O)N2CCN(CC)CC2)cc1. The molecule has 0 spiro atoms. The summed E-state index contributed by atoms with van der Waals surface area (Å²) in [5.74, 6) is -0.0374. The fraction of sp³-hybridized carbons (Fsp3) is 0.588. The van der Waals surface area contributed by atoms with E-state index in [1.165, 1.54) is 12.1 Å². The summed E-state index contributed by atoms with van der Waals surface area (Å²) in [5, 5.41) is 0. The summed E-state index contributed by atoms with van der Waals surface area (Å²) in [6.07, 6.45) is 0.722. The van der Waals surface area contributed by atoms with Gasteiger partial charge < -0.3 is 9.80 Å². The first-order chi connectivity index (χ1) is 11.4. The third-order valence-electron chi connectivity index (χ3n) is 4.49. The summed E-state index contributed by atoms with van der Waals surface area (Å²) < 4.78 is 27.1. The van der Waals surface area contributed by atoms with Gasteiger partial charge in [-0.15, -0.1) is 0 Å². The minimum absolute atomic E-state index is 0.0374. The average Bonchev–Trinajstić information content (AvgIpc) is 2.61. The molecule has 2 rings (SSSR count). The number of likely N-dealkylation sites (N-methyl/N-ethyl adjacent to an activating group) is 1. The molecule has 1 amide bonds. The number of rotatable bonds is 6. The molecule has 6 nitrogen and oxygen atoms in total. The highest BCUT2D eigenvalue weighted by atomic mass is 32.2. The Morgan fingerprint density at radius 1 is 1.12 bits per heavy atom. The van der Waals surface area contributed by atoms with E-state index >= 15 is 0 Å². The van der Waals surface area contributed by atoms with Crippen molar-refractivity contribution in [2.45, 2.75) is 38.1 Å². The lowest BCUT2D eigenvalue weighted by molar-refractivity contribution is 0.0643. The van der Waals surface area contributed by atoms with Crippen LogP contribution in [0, 0.1) is 0 Å². The van der Waals surface area contributed by atoms with Gasteiger partial charge in [-0.05, 0) is 44.2 Å². The fourth-order valence-corrected chi connectivity index (χ4v) is 3.97. The largest absolute Gasteiger partial charge is 0.336 e. The molecule has 1 aliphatic heterocycles. The number of carbonyl (C=O) groups excluding carboxylic acids is 1. The lowest BCUT2D eigenvalue weighted by Crippen LogP contribution is -2.48. The van der Waals surface area contributed by atoms with Gasteiger partial charge >= 0.3 is 0 Å². The molecule has 24 heavy (non-hydrogen) atoms. The topological polar surface area (TPSA) is 69.7 Å². The van der Waals surface area contributed by atoms with Crippen molar-refractivity contribution in [3.8, 4) is 0 Å². The summed E-state index contributed by atoms with van der Waals surface area (Å²) in [7, 11) is -3.53. The quantitative estimate of drug-likeness (QED) is 0.842. The Morgan fingerprint density at radius 2 is 1.71 bits per heavy atom. The molecule has 1 fully saturated rings. The summed E-state index contributed by atoms with van der Waals surface area (Å²) in [6.45, 7) is 10.0. The van der Waals surface area contributed by atoms with Crippen molar-refractivity contribution in [1.29, 1.82) is 0 Å². The zero-order chi connectivity index (χ0) is 17.7. The Hall–Kier alpha value is -1.44. The lowest BCUT2D eigenvalue weighted by atomic mass is 10.2. The second kappa shape index (κ2) is 8.09. The predicted molar refractivity (Wildman–Crippen MR) is 94.5 cm³/mol. The van der Waals surface area contributed by atoms with Gasteiger partial charge in [0.1, 0.15) is 0 Å². The highest BCUT2D eigenvalue weighted by Gasteiger charge is 2.22. The number of sulfonamides is 1. The Bertz CT molecular complexity index is 650. The minimum Gasteiger partial charge on any atom is -0.336 e. The van der Waals surface area contributed by atoms with Crippen molar-refractivity contribution in [3.05, 3.63) is 29.8 Å². The Labute approximate surface area is 144 Å². The molecule has 1 aliphatic rings. The maximum Gasteiger partial charge on any atom is 0.253 e. The summed E-state index contributed by atoms with van der Waals surface area (Å²) in [6, 6.07) is 6.08. The lowest BCUT2D eigenvalue weighted by Gasteiger charge is -2.34. The number of nitrogens with zero attached hydrogens (tertiary/aromatic N) is 2. The van der Waals surface area contributed by atoms with Crippen molar-refractivity contribution in [1.82, 2.24) is 14.5 Å². The van der Waals surface area contributed by atoms with Gasteiger partial charge in [-0.3, -0.25) is 4.79 Å². The van der Waals surface area contributed by atoms with Gasteiger partial charge in [-0.1, -0.05) is 13.8 Å². The highest BCUT2D eigenvalue weighted by molar-refractivity contribution is 7.89. The number of benzene rings is 1. The molecule has 1 atom stereocenters. The van der Waals surface area contributed by atoms with Crippen LogP contribution in [0.5, 0.6) is 0 Å². The molecule has 1 heterocycles. The number of carbonyl (C=O) groups is 1. The molecule has 0 bridgehead atoms. The second-order valence-corrected chi connectivity index (χ2v) is 7.90. The predicted octanol–water partition coefficient (Wildman–Crippen LogP) is 1.54. The first-order valence-electron chi connectivity index (χ1n) is 8.51. The van der Waals surface area contributed by atoms with E-state index in [-0.39, 0.29) is 16.8 Å². The van der Waals surface area contributed by atoms with Gasteiger partial charge in [0.2, 0.25) is 10.0 Å². The van der Waals surface area contributed by atoms with Crippen molar-refractivity contribution in [3.63, 3.8) is 0 Å². The average molecular weight is 353 g/mol. The minimum atomic E-state index is -3.53. The zero-order valence-corrected chi connectivity index (χ0v) is 15.5. The highest BCUT2D eigenvalue weighted by Crippen LogP contribution is 2.14. The van der Waals surface area contributed by atoms with E-state index in [4.69, 9.17) is 0 Å². The number of hydrogen-bond donors (Lipinski definition) is 1. The van der Waals surface area contributed by atoms with E-state index in [0.29, 0.717) is 18.7 Å². The van der Waals surface area contributed by atoms with Crippen molar-refractivity contribution >= 4 is 15.9 Å². The van der Waals surface area contributed by atoms with Crippen LogP contribution >= 0.6 is 0 Å². The smallest absolute Gasteiger partial charge is 0.253 e. The Kier molecular flexibility index (Phi) is 6.37. The summed E-state index contributed by atoms with van der Waals surface area (Å²) in [5.41, 5.74) is 0.530. The molecule has 134 valence electrons. The standard InChI is InChI=1S/C17H27N3O3S/c1-4-14(3)18-24(22,23)16-8-6-15(7-9-16)17(21)20-12-10-19(5-2)11-13-20/h6-9,14,18H,4-5,10-13H2,1-3H3. The number of amides is 1. The molecular formula is C17H27N3O3S. The first kappa shape index (κ1) is 18.9. The molecule has 1 aromatic carbocycles. The van der Waals surface area contributed by atoms with Gasteiger partial charge in [0.25, 0.3) is 5.91 Å². The third kappa shape index (κ3) is 4.55. The van der Waals surface area contributed by atoms with Crippen LogP contribution in [-0.4, -0.2) is 62.9 Å². The molecule has 1 saturated heterocycles. The van der Waals surface area contributed by atoms with Crippen LogP contribution in [0.15, 0.2) is 29.2 Å². The molecule has 1 unspecified atom stereocenters. The molecule has 0 aliphatic carbocycles. The molecule has 1 aromatic rings. The van der Waals surface area contributed by atoms with Crippen LogP contribution < -0.4 is 4.72 Å². The van der Waals surface area contributed by atoms with Gasteiger partial charge in [0, 0.05) is 37.8 Å². The maximum atomic E-state index is 12.5. The molecule has 7 heteroatoms. The normalized spacial score (nSPS) is 17.7. The molecular weight excluding hydrogens is 326 g/mol. The number of nitrogens with one attached hydrogen (secondary N) is 1. The van der Waals surface area contributed by atoms with E-state index in [1.807, 2.05) is 18.7 Å². The monoisotopic (exact) mass is 353 g/mol. The number of hydrogen-bond acceptors (Lipinski definition) is 4. The van der Waals surface area contributed by atoms with E-state index < -0.39 is 10.0 Å². The molecule has 0 radical (unpaired) electrons. The van der Waals surface area contributed by atoms with Crippen molar-refractivity contribution < 1.29 is 13.2 Å². The summed E-state index contributed by atoms with van der Waals surface area (Å²) >= 11 is 0. The van der Waals surface area contributed by atoms with E-state index in [9.17, 15) is 13.2 Å². The third-order valence-corrected chi connectivity index (χ3v) is 6.09. The molecule has 0 aromatic heterocycles. The summed E-state index contributed by atoms with van der Waals surface area (Å²) in [4.78, 5) is 16.8. The van der Waals surface area contributed by atoms with Crippen LogP contribution in [0.2, 0.25) is 0 Å². The van der Waals surface area contributed by atoms with Crippen LogP contribution in [0.3, 0.4) is 0 Å². The van der Waals surface area contributed by atoms with E-state index in [1.54, 1.807) is 12.1 Å². The van der Waals surface area contributed by atoms with Crippen LogP contribution in [0.4, 0.5) is 0 Å².